The second-order valence-corrected chi connectivity index (χ2v) is 5.52. The molecule has 1 aromatic rings. The molecule has 0 aliphatic carbocycles. The van der Waals surface area contributed by atoms with Crippen molar-refractivity contribution in [2.24, 2.45) is 11.7 Å². The van der Waals surface area contributed by atoms with Crippen molar-refractivity contribution in [2.45, 2.75) is 32.2 Å². The summed E-state index contributed by atoms with van der Waals surface area (Å²) >= 11 is 0. The fourth-order valence-corrected chi connectivity index (χ4v) is 2.72. The average Bonchev–Trinajstić information content (AvgIpc) is 2.48. The maximum atomic E-state index is 12.3. The maximum Gasteiger partial charge on any atom is 0.226 e. The Labute approximate surface area is 133 Å². The lowest BCUT2D eigenvalue weighted by Crippen LogP contribution is -2.49. The van der Waals surface area contributed by atoms with E-state index in [0.29, 0.717) is 25.5 Å². The molecule has 1 heterocycles. The minimum Gasteiger partial charge on any atom is -0.493 e. The highest BCUT2D eigenvalue weighted by molar-refractivity contribution is 5.85. The van der Waals surface area contributed by atoms with Crippen LogP contribution in [-0.4, -0.2) is 36.5 Å². The Kier molecular flexibility index (Phi) is 7.54. The zero-order chi connectivity index (χ0) is 14.4. The van der Waals surface area contributed by atoms with E-state index in [1.165, 1.54) is 0 Å². The quantitative estimate of drug-likeness (QED) is 0.908. The molecule has 0 radical (unpaired) electrons. The molecular weight excluding hydrogens is 288 g/mol. The van der Waals surface area contributed by atoms with E-state index >= 15 is 0 Å². The summed E-state index contributed by atoms with van der Waals surface area (Å²) < 4.78 is 5.58. The highest BCUT2D eigenvalue weighted by Crippen LogP contribution is 2.22. The third kappa shape index (κ3) is 5.21. The molecule has 1 fully saturated rings. The van der Waals surface area contributed by atoms with E-state index in [2.05, 4.69) is 6.92 Å². The van der Waals surface area contributed by atoms with E-state index in [9.17, 15) is 4.79 Å². The Morgan fingerprint density at radius 2 is 2.10 bits per heavy atom. The molecule has 118 valence electrons. The molecule has 21 heavy (non-hydrogen) atoms. The number of carbonyl (C=O) groups is 1. The zero-order valence-electron chi connectivity index (χ0n) is 12.5. The molecule has 1 amide bonds. The largest absolute Gasteiger partial charge is 0.493 e. The number of rotatable bonds is 5. The molecule has 4 nitrogen and oxygen atoms in total. The van der Waals surface area contributed by atoms with E-state index in [-0.39, 0.29) is 24.4 Å². The van der Waals surface area contributed by atoms with E-state index in [0.717, 1.165) is 25.1 Å². The van der Waals surface area contributed by atoms with Crippen molar-refractivity contribution >= 4 is 18.3 Å². The fourth-order valence-electron chi connectivity index (χ4n) is 2.72. The van der Waals surface area contributed by atoms with Crippen molar-refractivity contribution in [1.82, 2.24) is 4.90 Å². The number of ether oxygens (including phenoxy) is 1. The number of hydrogen-bond acceptors (Lipinski definition) is 3. The first kappa shape index (κ1) is 17.8. The molecule has 2 unspecified atom stereocenters. The van der Waals surface area contributed by atoms with Gasteiger partial charge in [0, 0.05) is 19.1 Å². The van der Waals surface area contributed by atoms with Gasteiger partial charge in [0.2, 0.25) is 5.91 Å². The number of halogens is 1. The number of nitrogens with two attached hydrogens (primary N) is 1. The van der Waals surface area contributed by atoms with Crippen LogP contribution in [0.1, 0.15) is 26.2 Å². The summed E-state index contributed by atoms with van der Waals surface area (Å²) in [5.41, 5.74) is 5.79. The predicted molar refractivity (Wildman–Crippen MR) is 86.8 cm³/mol. The van der Waals surface area contributed by atoms with E-state index in [4.69, 9.17) is 10.5 Å². The highest BCUT2D eigenvalue weighted by Gasteiger charge is 2.28. The number of carbonyl (C=O) groups excluding carboxylic acids is 1. The normalized spacial score (nSPS) is 21.5. The average molecular weight is 313 g/mol. The third-order valence-corrected chi connectivity index (χ3v) is 3.90. The summed E-state index contributed by atoms with van der Waals surface area (Å²) in [7, 11) is 0. The molecule has 2 N–H and O–H groups in total. The minimum atomic E-state index is 0. The standard InChI is InChI=1S/C16H24N2O2.ClH/c1-13-7-9-18(14(11-13)12-17)16(19)8-10-20-15-5-3-2-4-6-15;/h2-6,13-14H,7-12,17H2,1H3;1H. The second kappa shape index (κ2) is 8.90. The second-order valence-electron chi connectivity index (χ2n) is 5.52. The summed E-state index contributed by atoms with van der Waals surface area (Å²) in [4.78, 5) is 14.2. The maximum absolute atomic E-state index is 12.3. The van der Waals surface area contributed by atoms with Gasteiger partial charge in [-0.05, 0) is 30.9 Å². The van der Waals surface area contributed by atoms with Crippen LogP contribution in [0.3, 0.4) is 0 Å². The Hall–Kier alpha value is -1.26. The Morgan fingerprint density at radius 1 is 1.38 bits per heavy atom. The van der Waals surface area contributed by atoms with Crippen LogP contribution in [0.4, 0.5) is 0 Å². The number of hydrogen-bond donors (Lipinski definition) is 1. The highest BCUT2D eigenvalue weighted by atomic mass is 35.5. The number of benzene rings is 1. The van der Waals surface area contributed by atoms with Crippen molar-refractivity contribution < 1.29 is 9.53 Å². The number of para-hydroxylation sites is 1. The van der Waals surface area contributed by atoms with Crippen LogP contribution in [0.25, 0.3) is 0 Å². The van der Waals surface area contributed by atoms with E-state index in [1.54, 1.807) is 0 Å². The van der Waals surface area contributed by atoms with Crippen molar-refractivity contribution in [3.63, 3.8) is 0 Å². The molecule has 0 bridgehead atoms. The topological polar surface area (TPSA) is 55.6 Å². The Bertz CT molecular complexity index is 428. The van der Waals surface area contributed by atoms with Crippen molar-refractivity contribution in [1.29, 1.82) is 0 Å². The van der Waals surface area contributed by atoms with Gasteiger partial charge in [-0.25, -0.2) is 0 Å². The zero-order valence-corrected chi connectivity index (χ0v) is 13.3. The van der Waals surface area contributed by atoms with Crippen LogP contribution in [0.5, 0.6) is 5.75 Å². The fraction of sp³-hybridized carbons (Fsp3) is 0.562. The van der Waals surface area contributed by atoms with Crippen LogP contribution < -0.4 is 10.5 Å². The molecule has 1 saturated heterocycles. The van der Waals surface area contributed by atoms with Gasteiger partial charge >= 0.3 is 0 Å². The Morgan fingerprint density at radius 3 is 2.76 bits per heavy atom. The lowest BCUT2D eigenvalue weighted by molar-refractivity contribution is -0.135. The number of piperidine rings is 1. The van der Waals surface area contributed by atoms with E-state index in [1.807, 2.05) is 35.2 Å². The van der Waals surface area contributed by atoms with Crippen LogP contribution in [0.2, 0.25) is 0 Å². The van der Waals surface area contributed by atoms with Gasteiger partial charge < -0.3 is 15.4 Å². The van der Waals surface area contributed by atoms with Gasteiger partial charge in [0.15, 0.2) is 0 Å². The van der Waals surface area contributed by atoms with Crippen LogP contribution >= 0.6 is 12.4 Å². The minimum absolute atomic E-state index is 0. The van der Waals surface area contributed by atoms with Gasteiger partial charge in [-0.15, -0.1) is 12.4 Å². The van der Waals surface area contributed by atoms with Gasteiger partial charge in [0.25, 0.3) is 0 Å². The van der Waals surface area contributed by atoms with Gasteiger partial charge in [0.05, 0.1) is 13.0 Å². The SMILES string of the molecule is CC1CCN(C(=O)CCOc2ccccc2)C(CN)C1.Cl. The molecule has 1 aliphatic heterocycles. The first-order chi connectivity index (χ1) is 9.70. The number of nitrogens with zero attached hydrogens (tertiary/aromatic N) is 1. The van der Waals surface area contributed by atoms with Gasteiger partial charge in [-0.3, -0.25) is 4.79 Å². The Balaban J connectivity index is 0.00000220. The molecule has 0 aromatic heterocycles. The van der Waals surface area contributed by atoms with Crippen molar-refractivity contribution in [3.8, 4) is 5.75 Å². The van der Waals surface area contributed by atoms with Gasteiger partial charge in [0.1, 0.15) is 5.75 Å². The number of likely N-dealkylation sites (tertiary alicyclic amines) is 1. The summed E-state index contributed by atoms with van der Waals surface area (Å²) in [5.74, 6) is 1.62. The summed E-state index contributed by atoms with van der Waals surface area (Å²) in [6, 6.07) is 9.79. The van der Waals surface area contributed by atoms with Gasteiger partial charge in [-0.1, -0.05) is 25.1 Å². The lowest BCUT2D eigenvalue weighted by atomic mass is 9.92. The summed E-state index contributed by atoms with van der Waals surface area (Å²) in [6.07, 6.45) is 2.50. The number of amides is 1. The van der Waals surface area contributed by atoms with Crippen molar-refractivity contribution in [2.75, 3.05) is 19.7 Å². The van der Waals surface area contributed by atoms with Crippen molar-refractivity contribution in [3.05, 3.63) is 30.3 Å². The molecule has 1 aromatic carbocycles. The first-order valence-corrected chi connectivity index (χ1v) is 7.38. The molecule has 2 rings (SSSR count). The van der Waals surface area contributed by atoms with E-state index < -0.39 is 0 Å². The smallest absolute Gasteiger partial charge is 0.226 e. The molecule has 0 spiro atoms. The molecule has 1 aliphatic rings. The molecule has 5 heteroatoms. The first-order valence-electron chi connectivity index (χ1n) is 7.38. The van der Waals surface area contributed by atoms with Crippen LogP contribution in [0.15, 0.2) is 30.3 Å². The monoisotopic (exact) mass is 312 g/mol. The lowest BCUT2D eigenvalue weighted by Gasteiger charge is -2.38. The molecule has 2 atom stereocenters. The summed E-state index contributed by atoms with van der Waals surface area (Å²) in [6.45, 7) is 4.03. The molecule has 0 saturated carbocycles. The molecular formula is C16H25ClN2O2. The third-order valence-electron chi connectivity index (χ3n) is 3.90. The van der Waals surface area contributed by atoms with Crippen LogP contribution in [0, 0.1) is 5.92 Å². The van der Waals surface area contributed by atoms with Gasteiger partial charge in [-0.2, -0.15) is 0 Å². The predicted octanol–water partition coefficient (Wildman–Crippen LogP) is 2.46. The summed E-state index contributed by atoms with van der Waals surface area (Å²) in [5, 5.41) is 0. The van der Waals surface area contributed by atoms with Crippen LogP contribution in [-0.2, 0) is 4.79 Å².